The number of carbonyl (C=O) groups excluding carboxylic acids is 3. The van der Waals surface area contributed by atoms with Gasteiger partial charge in [0.05, 0.1) is 24.3 Å². The maximum Gasteiger partial charge on any atom is 0.261 e. The number of ether oxygens (including phenoxy) is 1. The molecule has 1 saturated heterocycles. The Bertz CT molecular complexity index is 1010. The molecule has 0 aliphatic carbocycles. The molecule has 2 aromatic carbocycles. The molecule has 32 heavy (non-hydrogen) atoms. The summed E-state index contributed by atoms with van der Waals surface area (Å²) in [6.07, 6.45) is 4.93. The number of rotatable bonds is 6. The Labute approximate surface area is 189 Å². The van der Waals surface area contributed by atoms with Crippen LogP contribution in [0.25, 0.3) is 0 Å². The van der Waals surface area contributed by atoms with E-state index < -0.39 is 0 Å². The summed E-state index contributed by atoms with van der Waals surface area (Å²) in [5.41, 5.74) is 3.00. The van der Waals surface area contributed by atoms with Crippen LogP contribution in [0.5, 0.6) is 5.75 Å². The molecule has 4 rings (SSSR count). The predicted octanol–water partition coefficient (Wildman–Crippen LogP) is 4.52. The first-order chi connectivity index (χ1) is 15.5. The number of hydrogen-bond donors (Lipinski definition) is 0. The molecular formula is C26H30N2O4. The van der Waals surface area contributed by atoms with Gasteiger partial charge in [-0.15, -0.1) is 0 Å². The molecule has 0 bridgehead atoms. The van der Waals surface area contributed by atoms with E-state index in [1.54, 1.807) is 19.2 Å². The van der Waals surface area contributed by atoms with E-state index in [1.165, 1.54) is 4.90 Å². The van der Waals surface area contributed by atoms with Gasteiger partial charge in [-0.1, -0.05) is 36.6 Å². The molecule has 6 nitrogen and oxygen atoms in total. The summed E-state index contributed by atoms with van der Waals surface area (Å²) in [5, 5.41) is 0. The lowest BCUT2D eigenvalue weighted by atomic mass is 10.00. The van der Waals surface area contributed by atoms with Crippen LogP contribution in [0.3, 0.4) is 0 Å². The van der Waals surface area contributed by atoms with Crippen molar-refractivity contribution >= 4 is 17.7 Å². The Hall–Kier alpha value is -3.15. The van der Waals surface area contributed by atoms with Gasteiger partial charge in [0.2, 0.25) is 5.91 Å². The molecule has 0 radical (unpaired) electrons. The minimum Gasteiger partial charge on any atom is -0.497 e. The van der Waals surface area contributed by atoms with Gasteiger partial charge in [-0.3, -0.25) is 19.3 Å². The van der Waals surface area contributed by atoms with E-state index in [1.807, 2.05) is 42.2 Å². The van der Waals surface area contributed by atoms with E-state index in [2.05, 4.69) is 0 Å². The van der Waals surface area contributed by atoms with Crippen molar-refractivity contribution < 1.29 is 19.1 Å². The highest BCUT2D eigenvalue weighted by atomic mass is 16.5. The van der Waals surface area contributed by atoms with E-state index in [0.717, 1.165) is 49.1 Å². The van der Waals surface area contributed by atoms with Crippen LogP contribution >= 0.6 is 0 Å². The van der Waals surface area contributed by atoms with Crippen molar-refractivity contribution in [1.82, 2.24) is 9.80 Å². The number of nitrogens with zero attached hydrogens (tertiary/aromatic N) is 2. The fourth-order valence-electron chi connectivity index (χ4n) is 4.72. The highest BCUT2D eigenvalue weighted by Gasteiger charge is 2.35. The fraction of sp³-hybridized carbons (Fsp3) is 0.423. The molecule has 2 heterocycles. The average Bonchev–Trinajstić information content (AvgIpc) is 2.97. The van der Waals surface area contributed by atoms with Crippen LogP contribution in [0, 0.1) is 6.92 Å². The zero-order chi connectivity index (χ0) is 22.7. The summed E-state index contributed by atoms with van der Waals surface area (Å²) in [7, 11) is 1.64. The Balaban J connectivity index is 1.40. The highest BCUT2D eigenvalue weighted by Crippen LogP contribution is 2.32. The molecule has 1 fully saturated rings. The van der Waals surface area contributed by atoms with Gasteiger partial charge in [0.15, 0.2) is 0 Å². The maximum atomic E-state index is 13.2. The number of fused-ring (bicyclic) bond motifs is 1. The van der Waals surface area contributed by atoms with Crippen molar-refractivity contribution in [2.75, 3.05) is 20.2 Å². The number of likely N-dealkylation sites (tertiary alicyclic amines) is 1. The Kier molecular flexibility index (Phi) is 6.58. The van der Waals surface area contributed by atoms with Gasteiger partial charge in [0.25, 0.3) is 11.8 Å². The number of amides is 3. The lowest BCUT2D eigenvalue weighted by Crippen LogP contribution is -2.36. The maximum absolute atomic E-state index is 13.2. The SMILES string of the molecule is COc1ccc([C@@H]2CCCCCN2C(=O)CCCN2C(=O)c3ccc(C)cc3C2=O)cc1. The van der Waals surface area contributed by atoms with Gasteiger partial charge in [0, 0.05) is 19.5 Å². The van der Waals surface area contributed by atoms with E-state index >= 15 is 0 Å². The smallest absolute Gasteiger partial charge is 0.261 e. The molecule has 6 heteroatoms. The first-order valence-corrected chi connectivity index (χ1v) is 11.4. The molecule has 0 spiro atoms. The monoisotopic (exact) mass is 434 g/mol. The Morgan fingerprint density at radius 1 is 1.00 bits per heavy atom. The third-order valence-corrected chi connectivity index (χ3v) is 6.47. The van der Waals surface area contributed by atoms with Gasteiger partial charge in [0.1, 0.15) is 5.75 Å². The second-order valence-corrected chi connectivity index (χ2v) is 8.64. The van der Waals surface area contributed by atoms with E-state index in [-0.39, 0.29) is 30.3 Å². The van der Waals surface area contributed by atoms with Gasteiger partial charge < -0.3 is 9.64 Å². The summed E-state index contributed by atoms with van der Waals surface area (Å²) in [5.74, 6) is 0.368. The van der Waals surface area contributed by atoms with Gasteiger partial charge in [-0.2, -0.15) is 0 Å². The number of methoxy groups -OCH3 is 1. The number of imide groups is 1. The number of carbonyl (C=O) groups is 3. The van der Waals surface area contributed by atoms with Crippen LogP contribution in [0.4, 0.5) is 0 Å². The van der Waals surface area contributed by atoms with Crippen molar-refractivity contribution in [2.24, 2.45) is 0 Å². The van der Waals surface area contributed by atoms with Crippen LogP contribution in [-0.4, -0.2) is 47.7 Å². The molecule has 1 atom stereocenters. The standard InChI is InChI=1S/C26H30N2O4/c1-18-9-14-21-22(17-18)26(31)28(25(21)30)16-6-8-24(29)27-15-5-3-4-7-23(27)19-10-12-20(32-2)13-11-19/h9-14,17,23H,3-8,15-16H2,1-2H3/t23-/m0/s1. The molecule has 0 saturated carbocycles. The van der Waals surface area contributed by atoms with Crippen molar-refractivity contribution in [1.29, 1.82) is 0 Å². The molecular weight excluding hydrogens is 404 g/mol. The number of aryl methyl sites for hydroxylation is 1. The van der Waals surface area contributed by atoms with Gasteiger partial charge in [-0.05, 0) is 56.0 Å². The quantitative estimate of drug-likeness (QED) is 0.627. The summed E-state index contributed by atoms with van der Waals surface area (Å²) >= 11 is 0. The zero-order valence-electron chi connectivity index (χ0n) is 18.8. The summed E-state index contributed by atoms with van der Waals surface area (Å²) in [6, 6.07) is 13.3. The third-order valence-electron chi connectivity index (χ3n) is 6.47. The van der Waals surface area contributed by atoms with E-state index in [9.17, 15) is 14.4 Å². The molecule has 0 aromatic heterocycles. The topological polar surface area (TPSA) is 66.9 Å². The predicted molar refractivity (Wildman–Crippen MR) is 122 cm³/mol. The van der Waals surface area contributed by atoms with E-state index in [0.29, 0.717) is 24.0 Å². The molecule has 168 valence electrons. The van der Waals surface area contributed by atoms with Crippen molar-refractivity contribution in [3.05, 3.63) is 64.7 Å². The molecule has 2 aromatic rings. The largest absolute Gasteiger partial charge is 0.497 e. The molecule has 2 aliphatic heterocycles. The lowest BCUT2D eigenvalue weighted by molar-refractivity contribution is -0.133. The summed E-state index contributed by atoms with van der Waals surface area (Å²) < 4.78 is 5.26. The minimum atomic E-state index is -0.261. The molecule has 0 N–H and O–H groups in total. The second-order valence-electron chi connectivity index (χ2n) is 8.64. The van der Waals surface area contributed by atoms with Crippen LogP contribution in [0.2, 0.25) is 0 Å². The lowest BCUT2D eigenvalue weighted by Gasteiger charge is -2.31. The van der Waals surface area contributed by atoms with Crippen molar-refractivity contribution in [3.63, 3.8) is 0 Å². The third kappa shape index (κ3) is 4.40. The van der Waals surface area contributed by atoms with Crippen molar-refractivity contribution in [2.45, 2.75) is 51.5 Å². The first-order valence-electron chi connectivity index (χ1n) is 11.4. The molecule has 3 amide bonds. The molecule has 0 unspecified atom stereocenters. The summed E-state index contributed by atoms with van der Waals surface area (Å²) in [6.45, 7) is 2.90. The minimum absolute atomic E-state index is 0.0539. The fourth-order valence-corrected chi connectivity index (χ4v) is 4.72. The Morgan fingerprint density at radius 2 is 1.75 bits per heavy atom. The van der Waals surface area contributed by atoms with Gasteiger partial charge >= 0.3 is 0 Å². The van der Waals surface area contributed by atoms with E-state index in [4.69, 9.17) is 4.74 Å². The number of benzene rings is 2. The normalized spacial score (nSPS) is 18.5. The van der Waals surface area contributed by atoms with Crippen molar-refractivity contribution in [3.8, 4) is 5.75 Å². The zero-order valence-corrected chi connectivity index (χ0v) is 18.8. The Morgan fingerprint density at radius 3 is 2.50 bits per heavy atom. The first kappa shape index (κ1) is 22.1. The number of hydrogen-bond acceptors (Lipinski definition) is 4. The summed E-state index contributed by atoms with van der Waals surface area (Å²) in [4.78, 5) is 41.7. The van der Waals surface area contributed by atoms with Crippen LogP contribution in [0.1, 0.15) is 76.4 Å². The van der Waals surface area contributed by atoms with Crippen LogP contribution < -0.4 is 4.74 Å². The highest BCUT2D eigenvalue weighted by molar-refractivity contribution is 6.21. The van der Waals surface area contributed by atoms with Gasteiger partial charge in [-0.25, -0.2) is 0 Å². The average molecular weight is 435 g/mol. The second kappa shape index (κ2) is 9.55. The molecule has 2 aliphatic rings. The van der Waals surface area contributed by atoms with Crippen LogP contribution in [-0.2, 0) is 4.79 Å². The van der Waals surface area contributed by atoms with Crippen LogP contribution in [0.15, 0.2) is 42.5 Å².